The fourth-order valence-corrected chi connectivity index (χ4v) is 2.97. The third kappa shape index (κ3) is 3.03. The molecule has 2 heterocycles. The van der Waals surface area contributed by atoms with Crippen molar-refractivity contribution >= 4 is 28.6 Å². The lowest BCUT2D eigenvalue weighted by atomic mass is 10.3. The Morgan fingerprint density at radius 2 is 2.20 bits per heavy atom. The van der Waals surface area contributed by atoms with Crippen molar-refractivity contribution in [3.05, 3.63) is 59.2 Å². The lowest BCUT2D eigenvalue weighted by molar-refractivity contribution is 0.736. The number of imidazole rings is 1. The van der Waals surface area contributed by atoms with Crippen molar-refractivity contribution in [1.82, 2.24) is 9.55 Å². The highest BCUT2D eigenvalue weighted by Crippen LogP contribution is 2.22. The van der Waals surface area contributed by atoms with Gasteiger partial charge in [0.05, 0.1) is 4.88 Å². The number of nitrogens with one attached hydrogen (secondary N) is 1. The molecule has 0 saturated carbocycles. The van der Waals surface area contributed by atoms with Crippen LogP contribution in [0.5, 0.6) is 0 Å². The second kappa shape index (κ2) is 6.11. The average Bonchev–Trinajstić information content (AvgIpc) is 3.09. The summed E-state index contributed by atoms with van der Waals surface area (Å²) in [5.74, 6) is 1.02. The minimum Gasteiger partial charge on any atom is -0.383 e. The van der Waals surface area contributed by atoms with Crippen LogP contribution in [0.3, 0.4) is 0 Å². The number of nitrogens with zero attached hydrogens (tertiary/aromatic N) is 2. The summed E-state index contributed by atoms with van der Waals surface area (Å²) in [5, 5.41) is 6.18. The molecule has 0 amide bonds. The fourth-order valence-electron chi connectivity index (χ4n) is 2.04. The second-order valence-corrected chi connectivity index (χ2v) is 5.74. The van der Waals surface area contributed by atoms with Crippen molar-refractivity contribution in [3.8, 4) is 10.7 Å². The quantitative estimate of drug-likeness (QED) is 0.758. The summed E-state index contributed by atoms with van der Waals surface area (Å²) < 4.78 is 2.16. The lowest BCUT2D eigenvalue weighted by Gasteiger charge is -2.09. The first-order chi connectivity index (χ1) is 9.83. The molecule has 0 radical (unpaired) electrons. The van der Waals surface area contributed by atoms with Gasteiger partial charge in [-0.1, -0.05) is 23.7 Å². The van der Waals surface area contributed by atoms with Crippen LogP contribution in [0, 0.1) is 0 Å². The van der Waals surface area contributed by atoms with Crippen LogP contribution < -0.4 is 5.32 Å². The van der Waals surface area contributed by atoms with E-state index in [4.69, 9.17) is 11.6 Å². The van der Waals surface area contributed by atoms with E-state index in [1.54, 1.807) is 11.3 Å². The number of hydrogen-bond donors (Lipinski definition) is 1. The SMILES string of the molecule is Clc1cccc(NCCn2ccnc2-c2cccs2)c1. The van der Waals surface area contributed by atoms with Crippen molar-refractivity contribution in [3.63, 3.8) is 0 Å². The molecule has 3 nitrogen and oxygen atoms in total. The third-order valence-corrected chi connectivity index (χ3v) is 4.06. The fraction of sp³-hybridized carbons (Fsp3) is 0.133. The van der Waals surface area contributed by atoms with E-state index in [9.17, 15) is 0 Å². The number of thiophene rings is 1. The number of rotatable bonds is 5. The first-order valence-corrected chi connectivity index (χ1v) is 7.63. The normalized spacial score (nSPS) is 10.7. The molecule has 0 fully saturated rings. The van der Waals surface area contributed by atoms with Crippen LogP contribution in [-0.4, -0.2) is 16.1 Å². The van der Waals surface area contributed by atoms with Gasteiger partial charge in [-0.3, -0.25) is 0 Å². The highest BCUT2D eigenvalue weighted by molar-refractivity contribution is 7.13. The first kappa shape index (κ1) is 13.2. The summed E-state index contributed by atoms with van der Waals surface area (Å²) >= 11 is 7.67. The molecule has 102 valence electrons. The molecule has 2 aromatic heterocycles. The van der Waals surface area contributed by atoms with Crippen molar-refractivity contribution in [1.29, 1.82) is 0 Å². The minimum absolute atomic E-state index is 0.747. The molecule has 5 heteroatoms. The molecule has 20 heavy (non-hydrogen) atoms. The van der Waals surface area contributed by atoms with E-state index in [0.29, 0.717) is 0 Å². The molecule has 1 N–H and O–H groups in total. The van der Waals surface area contributed by atoms with E-state index in [1.807, 2.05) is 42.7 Å². The molecule has 3 aromatic rings. The Labute approximate surface area is 126 Å². The highest BCUT2D eigenvalue weighted by Gasteiger charge is 2.06. The van der Waals surface area contributed by atoms with Crippen LogP contribution in [0.4, 0.5) is 5.69 Å². The minimum atomic E-state index is 0.747. The molecule has 0 aliphatic carbocycles. The van der Waals surface area contributed by atoms with Crippen LogP contribution in [0.1, 0.15) is 0 Å². The molecule has 0 unspecified atom stereocenters. The number of halogens is 1. The molecular weight excluding hydrogens is 290 g/mol. The maximum Gasteiger partial charge on any atom is 0.150 e. The maximum atomic E-state index is 5.96. The molecule has 1 aromatic carbocycles. The molecule has 0 bridgehead atoms. The second-order valence-electron chi connectivity index (χ2n) is 4.36. The largest absolute Gasteiger partial charge is 0.383 e. The van der Waals surface area contributed by atoms with E-state index in [0.717, 1.165) is 29.6 Å². The van der Waals surface area contributed by atoms with Crippen LogP contribution in [0.25, 0.3) is 10.7 Å². The van der Waals surface area contributed by atoms with Gasteiger partial charge in [0, 0.05) is 36.2 Å². The maximum absolute atomic E-state index is 5.96. The van der Waals surface area contributed by atoms with Gasteiger partial charge in [-0.05, 0) is 29.6 Å². The smallest absolute Gasteiger partial charge is 0.150 e. The first-order valence-electron chi connectivity index (χ1n) is 6.37. The van der Waals surface area contributed by atoms with Gasteiger partial charge in [-0.2, -0.15) is 0 Å². The van der Waals surface area contributed by atoms with Crippen molar-refractivity contribution in [2.24, 2.45) is 0 Å². The Morgan fingerprint density at radius 1 is 1.25 bits per heavy atom. The van der Waals surface area contributed by atoms with Crippen LogP contribution in [0.15, 0.2) is 54.2 Å². The van der Waals surface area contributed by atoms with E-state index in [1.165, 1.54) is 4.88 Å². The summed E-state index contributed by atoms with van der Waals surface area (Å²) in [5.41, 5.74) is 1.04. The number of anilines is 1. The average molecular weight is 304 g/mol. The van der Waals surface area contributed by atoms with Gasteiger partial charge in [-0.15, -0.1) is 11.3 Å². The van der Waals surface area contributed by atoms with E-state index in [-0.39, 0.29) is 0 Å². The van der Waals surface area contributed by atoms with Gasteiger partial charge < -0.3 is 9.88 Å². The Bertz CT molecular complexity index is 676. The number of benzene rings is 1. The number of hydrogen-bond acceptors (Lipinski definition) is 3. The zero-order valence-electron chi connectivity index (χ0n) is 10.8. The highest BCUT2D eigenvalue weighted by atomic mass is 35.5. The van der Waals surface area contributed by atoms with Crippen LogP contribution in [0.2, 0.25) is 5.02 Å². The summed E-state index contributed by atoms with van der Waals surface area (Å²) in [6, 6.07) is 11.9. The zero-order valence-corrected chi connectivity index (χ0v) is 12.4. The van der Waals surface area contributed by atoms with Crippen molar-refractivity contribution < 1.29 is 0 Å². The summed E-state index contributed by atoms with van der Waals surface area (Å²) in [7, 11) is 0. The monoisotopic (exact) mass is 303 g/mol. The Kier molecular flexibility index (Phi) is 4.04. The molecular formula is C15H14ClN3S. The number of aromatic nitrogens is 2. The summed E-state index contributed by atoms with van der Waals surface area (Å²) in [4.78, 5) is 5.62. The summed E-state index contributed by atoms with van der Waals surface area (Å²) in [6.07, 6.45) is 3.85. The van der Waals surface area contributed by atoms with Crippen LogP contribution in [-0.2, 0) is 6.54 Å². The Balaban J connectivity index is 1.64. The molecule has 0 saturated heterocycles. The van der Waals surface area contributed by atoms with Gasteiger partial charge >= 0.3 is 0 Å². The van der Waals surface area contributed by atoms with E-state index in [2.05, 4.69) is 26.3 Å². The predicted octanol–water partition coefficient (Wildman–Crippen LogP) is 4.38. The summed E-state index contributed by atoms with van der Waals surface area (Å²) in [6.45, 7) is 1.69. The molecule has 0 aliphatic rings. The van der Waals surface area contributed by atoms with Gasteiger partial charge in [0.15, 0.2) is 0 Å². The van der Waals surface area contributed by atoms with Gasteiger partial charge in [0.1, 0.15) is 5.82 Å². The van der Waals surface area contributed by atoms with Gasteiger partial charge in [0.2, 0.25) is 0 Å². The molecule has 3 rings (SSSR count). The van der Waals surface area contributed by atoms with Crippen molar-refractivity contribution in [2.45, 2.75) is 6.54 Å². The molecule has 0 aliphatic heterocycles. The molecule has 0 spiro atoms. The Hall–Kier alpha value is -1.78. The van der Waals surface area contributed by atoms with Crippen molar-refractivity contribution in [2.75, 3.05) is 11.9 Å². The predicted molar refractivity (Wildman–Crippen MR) is 85.5 cm³/mol. The van der Waals surface area contributed by atoms with E-state index >= 15 is 0 Å². The topological polar surface area (TPSA) is 29.9 Å². The third-order valence-electron chi connectivity index (χ3n) is 2.96. The van der Waals surface area contributed by atoms with Crippen LogP contribution >= 0.6 is 22.9 Å². The zero-order chi connectivity index (χ0) is 13.8. The van der Waals surface area contributed by atoms with Gasteiger partial charge in [-0.25, -0.2) is 4.98 Å². The Morgan fingerprint density at radius 3 is 3.00 bits per heavy atom. The van der Waals surface area contributed by atoms with Gasteiger partial charge in [0.25, 0.3) is 0 Å². The molecule has 0 atom stereocenters. The van der Waals surface area contributed by atoms with E-state index < -0.39 is 0 Å². The lowest BCUT2D eigenvalue weighted by Crippen LogP contribution is -2.10. The standard InChI is InChI=1S/C15H14ClN3S/c16-12-3-1-4-13(11-12)17-6-8-19-9-7-18-15(19)14-5-2-10-20-14/h1-5,7,9-11,17H,6,8H2.